The second kappa shape index (κ2) is 7.15. The van der Waals surface area contributed by atoms with Crippen LogP contribution in [0.4, 0.5) is 10.2 Å². The Balaban J connectivity index is 1.70. The summed E-state index contributed by atoms with van der Waals surface area (Å²) in [7, 11) is 0. The molecule has 8 heteroatoms. The highest BCUT2D eigenvalue weighted by Crippen LogP contribution is 2.38. The molecular formula is C20H17FN4O3. The molecule has 2 heterocycles. The monoisotopic (exact) mass is 380 g/mol. The Kier molecular flexibility index (Phi) is 4.52. The lowest BCUT2D eigenvalue weighted by Gasteiger charge is -2.23. The van der Waals surface area contributed by atoms with Crippen LogP contribution in [-0.2, 0) is 9.59 Å². The molecule has 2 amide bonds. The lowest BCUT2D eigenvalue weighted by molar-refractivity contribution is -0.120. The lowest BCUT2D eigenvalue weighted by Crippen LogP contribution is -2.25. The van der Waals surface area contributed by atoms with Gasteiger partial charge < -0.3 is 15.8 Å². The molecule has 1 unspecified atom stereocenters. The SMILES string of the molecule is NC(=O)COc1cccc(C2CC(=O)Nc3c2ncn3-c2ccc(F)cc2)c1. The van der Waals surface area contributed by atoms with Crippen LogP contribution in [-0.4, -0.2) is 28.0 Å². The molecule has 0 saturated carbocycles. The summed E-state index contributed by atoms with van der Waals surface area (Å²) in [5.74, 6) is -0.291. The average Bonchev–Trinajstić information content (AvgIpc) is 3.10. The molecular weight excluding hydrogens is 363 g/mol. The standard InChI is InChI=1S/C20H17FN4O3/c21-13-4-6-14(7-5-13)25-11-23-19-16(9-18(27)24-20(19)25)12-2-1-3-15(8-12)28-10-17(22)26/h1-8,11,16H,9-10H2,(H2,22,26)(H,24,27). The maximum atomic E-state index is 13.2. The zero-order chi connectivity index (χ0) is 19.7. The van der Waals surface area contributed by atoms with Gasteiger partial charge in [-0.15, -0.1) is 0 Å². The molecule has 4 rings (SSSR count). The second-order valence-corrected chi connectivity index (χ2v) is 6.46. The van der Waals surface area contributed by atoms with E-state index in [0.717, 1.165) is 5.56 Å². The van der Waals surface area contributed by atoms with Gasteiger partial charge in [0.1, 0.15) is 23.7 Å². The van der Waals surface area contributed by atoms with Crippen molar-refractivity contribution < 1.29 is 18.7 Å². The first-order chi connectivity index (χ1) is 13.5. The summed E-state index contributed by atoms with van der Waals surface area (Å²) in [5.41, 5.74) is 7.35. The molecule has 0 aliphatic carbocycles. The first-order valence-corrected chi connectivity index (χ1v) is 8.65. The fourth-order valence-corrected chi connectivity index (χ4v) is 3.26. The van der Waals surface area contributed by atoms with Gasteiger partial charge in [-0.3, -0.25) is 14.2 Å². The summed E-state index contributed by atoms with van der Waals surface area (Å²) < 4.78 is 20.3. The van der Waals surface area contributed by atoms with Gasteiger partial charge in [-0.05, 0) is 42.0 Å². The molecule has 142 valence electrons. The Bertz CT molecular complexity index is 1050. The number of rotatable bonds is 5. The predicted octanol–water partition coefficient (Wildman–Crippen LogP) is 2.35. The zero-order valence-corrected chi connectivity index (χ0v) is 14.8. The van der Waals surface area contributed by atoms with Crippen molar-refractivity contribution in [2.45, 2.75) is 12.3 Å². The topological polar surface area (TPSA) is 99.2 Å². The van der Waals surface area contributed by atoms with Crippen molar-refractivity contribution in [2.24, 2.45) is 5.73 Å². The van der Waals surface area contributed by atoms with E-state index < -0.39 is 5.91 Å². The first-order valence-electron chi connectivity index (χ1n) is 8.65. The van der Waals surface area contributed by atoms with Crippen molar-refractivity contribution in [1.29, 1.82) is 0 Å². The molecule has 1 aliphatic heterocycles. The number of imidazole rings is 1. The van der Waals surface area contributed by atoms with Gasteiger partial charge >= 0.3 is 0 Å². The van der Waals surface area contributed by atoms with Gasteiger partial charge in [-0.2, -0.15) is 0 Å². The van der Waals surface area contributed by atoms with Crippen LogP contribution in [0, 0.1) is 5.82 Å². The van der Waals surface area contributed by atoms with Crippen molar-refractivity contribution in [3.63, 3.8) is 0 Å². The van der Waals surface area contributed by atoms with Crippen molar-refractivity contribution in [1.82, 2.24) is 9.55 Å². The average molecular weight is 380 g/mol. The van der Waals surface area contributed by atoms with Gasteiger partial charge in [0.2, 0.25) is 5.91 Å². The van der Waals surface area contributed by atoms with E-state index in [1.807, 2.05) is 6.07 Å². The third-order valence-corrected chi connectivity index (χ3v) is 4.52. The van der Waals surface area contributed by atoms with Crippen LogP contribution in [0.1, 0.15) is 23.6 Å². The molecule has 0 spiro atoms. The van der Waals surface area contributed by atoms with Gasteiger partial charge in [-0.1, -0.05) is 12.1 Å². The normalized spacial score (nSPS) is 15.6. The minimum Gasteiger partial charge on any atom is -0.484 e. The summed E-state index contributed by atoms with van der Waals surface area (Å²) in [5, 5.41) is 2.85. The van der Waals surface area contributed by atoms with E-state index in [-0.39, 0.29) is 30.7 Å². The van der Waals surface area contributed by atoms with E-state index in [4.69, 9.17) is 10.5 Å². The molecule has 0 saturated heterocycles. The molecule has 3 N–H and O–H groups in total. The van der Waals surface area contributed by atoms with E-state index in [1.165, 1.54) is 12.1 Å². The summed E-state index contributed by atoms with van der Waals surface area (Å²) >= 11 is 0. The second-order valence-electron chi connectivity index (χ2n) is 6.46. The molecule has 0 radical (unpaired) electrons. The van der Waals surface area contributed by atoms with Crippen LogP contribution in [0.3, 0.4) is 0 Å². The number of nitrogens with zero attached hydrogens (tertiary/aromatic N) is 2. The highest BCUT2D eigenvalue weighted by atomic mass is 19.1. The number of fused-ring (bicyclic) bond motifs is 1. The predicted molar refractivity (Wildman–Crippen MR) is 99.7 cm³/mol. The van der Waals surface area contributed by atoms with Crippen LogP contribution >= 0.6 is 0 Å². The fourth-order valence-electron chi connectivity index (χ4n) is 3.26. The number of ether oxygens (including phenoxy) is 1. The number of halogens is 1. The highest BCUT2D eigenvalue weighted by molar-refractivity contribution is 5.94. The smallest absolute Gasteiger partial charge is 0.255 e. The van der Waals surface area contributed by atoms with Crippen LogP contribution in [0.2, 0.25) is 0 Å². The van der Waals surface area contributed by atoms with Crippen molar-refractivity contribution in [3.05, 3.63) is 71.9 Å². The van der Waals surface area contributed by atoms with E-state index in [0.29, 0.717) is 22.9 Å². The number of nitrogens with two attached hydrogens (primary N) is 1. The maximum Gasteiger partial charge on any atom is 0.255 e. The largest absolute Gasteiger partial charge is 0.484 e. The van der Waals surface area contributed by atoms with Gasteiger partial charge in [0.05, 0.1) is 5.69 Å². The number of carbonyl (C=O) groups excluding carboxylic acids is 2. The Morgan fingerprint density at radius 2 is 2.07 bits per heavy atom. The molecule has 0 fully saturated rings. The molecule has 7 nitrogen and oxygen atoms in total. The number of hydrogen-bond donors (Lipinski definition) is 2. The summed E-state index contributed by atoms with van der Waals surface area (Å²) in [4.78, 5) is 27.8. The number of nitrogens with one attached hydrogen (secondary N) is 1. The number of benzene rings is 2. The molecule has 3 aromatic rings. The van der Waals surface area contributed by atoms with Gasteiger partial charge in [0, 0.05) is 18.0 Å². The number of amides is 2. The summed E-state index contributed by atoms with van der Waals surface area (Å²) in [6.07, 6.45) is 1.83. The van der Waals surface area contributed by atoms with Crippen molar-refractivity contribution in [3.8, 4) is 11.4 Å². The van der Waals surface area contributed by atoms with Crippen LogP contribution in [0.5, 0.6) is 5.75 Å². The van der Waals surface area contributed by atoms with E-state index in [9.17, 15) is 14.0 Å². The first kappa shape index (κ1) is 17.7. The number of hydrogen-bond acceptors (Lipinski definition) is 4. The Morgan fingerprint density at radius 1 is 1.29 bits per heavy atom. The van der Waals surface area contributed by atoms with Crippen LogP contribution < -0.4 is 15.8 Å². The van der Waals surface area contributed by atoms with E-state index in [1.54, 1.807) is 41.2 Å². The van der Waals surface area contributed by atoms with E-state index in [2.05, 4.69) is 10.3 Å². The quantitative estimate of drug-likeness (QED) is 0.710. The highest BCUT2D eigenvalue weighted by Gasteiger charge is 2.31. The third kappa shape index (κ3) is 3.44. The number of carbonyl (C=O) groups is 2. The number of aromatic nitrogens is 2. The van der Waals surface area contributed by atoms with Crippen molar-refractivity contribution in [2.75, 3.05) is 11.9 Å². The van der Waals surface area contributed by atoms with Gasteiger partial charge in [0.25, 0.3) is 5.91 Å². The fraction of sp³-hybridized carbons (Fsp3) is 0.150. The van der Waals surface area contributed by atoms with Crippen molar-refractivity contribution >= 4 is 17.6 Å². The van der Waals surface area contributed by atoms with Crippen LogP contribution in [0.25, 0.3) is 5.69 Å². The van der Waals surface area contributed by atoms with Gasteiger partial charge in [-0.25, -0.2) is 9.37 Å². The summed E-state index contributed by atoms with van der Waals surface area (Å²) in [6.45, 7) is -0.223. The third-order valence-electron chi connectivity index (χ3n) is 4.52. The molecule has 2 aromatic carbocycles. The van der Waals surface area contributed by atoms with Gasteiger partial charge in [0.15, 0.2) is 6.61 Å². The number of anilines is 1. The molecule has 1 atom stereocenters. The van der Waals surface area contributed by atoms with Crippen LogP contribution in [0.15, 0.2) is 54.9 Å². The lowest BCUT2D eigenvalue weighted by atomic mass is 9.89. The minimum atomic E-state index is -0.567. The Morgan fingerprint density at radius 3 is 2.82 bits per heavy atom. The summed E-state index contributed by atoms with van der Waals surface area (Å²) in [6, 6.07) is 13.1. The zero-order valence-electron chi connectivity index (χ0n) is 14.8. The Labute approximate surface area is 159 Å². The molecule has 1 aromatic heterocycles. The molecule has 1 aliphatic rings. The molecule has 28 heavy (non-hydrogen) atoms. The molecule has 0 bridgehead atoms. The maximum absolute atomic E-state index is 13.2. The number of primary amides is 1. The Hall–Kier alpha value is -3.68. The van der Waals surface area contributed by atoms with E-state index >= 15 is 0 Å². The minimum absolute atomic E-state index is 0.148.